The minimum atomic E-state index is -0.458. The van der Waals surface area contributed by atoms with E-state index < -0.39 is 5.91 Å². The standard InChI is InChI=1S/C15H10Cl2N4O2/c16-9-5-6-11(17)13(7-9)18-14(22)8-21-15(23)10-3-1-2-4-12(10)19-20-21/h1-7H,8H2,(H,18,22). The van der Waals surface area contributed by atoms with E-state index in [1.165, 1.54) is 6.07 Å². The first kappa shape index (κ1) is 15.5. The van der Waals surface area contributed by atoms with Gasteiger partial charge < -0.3 is 5.32 Å². The third-order valence-corrected chi connectivity index (χ3v) is 3.69. The Kier molecular flexibility index (Phi) is 4.27. The molecule has 116 valence electrons. The molecule has 0 saturated heterocycles. The highest BCUT2D eigenvalue weighted by molar-refractivity contribution is 6.35. The van der Waals surface area contributed by atoms with Gasteiger partial charge in [0.05, 0.1) is 16.1 Å². The average molecular weight is 349 g/mol. The summed E-state index contributed by atoms with van der Waals surface area (Å²) < 4.78 is 0.996. The summed E-state index contributed by atoms with van der Waals surface area (Å²) in [6, 6.07) is 11.5. The average Bonchev–Trinajstić information content (AvgIpc) is 2.54. The summed E-state index contributed by atoms with van der Waals surface area (Å²) in [7, 11) is 0. The second-order valence-corrected chi connectivity index (χ2v) is 5.59. The van der Waals surface area contributed by atoms with Crippen LogP contribution in [0.3, 0.4) is 0 Å². The van der Waals surface area contributed by atoms with E-state index >= 15 is 0 Å². The molecule has 2 aromatic carbocycles. The van der Waals surface area contributed by atoms with Gasteiger partial charge in [0.15, 0.2) is 0 Å². The van der Waals surface area contributed by atoms with Crippen molar-refractivity contribution in [3.8, 4) is 0 Å². The lowest BCUT2D eigenvalue weighted by atomic mass is 10.2. The number of rotatable bonds is 3. The van der Waals surface area contributed by atoms with Crippen LogP contribution in [-0.4, -0.2) is 20.9 Å². The molecule has 1 aromatic heterocycles. The van der Waals surface area contributed by atoms with Crippen LogP contribution in [0.15, 0.2) is 47.3 Å². The van der Waals surface area contributed by atoms with Crippen LogP contribution >= 0.6 is 23.2 Å². The lowest BCUT2D eigenvalue weighted by Gasteiger charge is -2.08. The van der Waals surface area contributed by atoms with Gasteiger partial charge in [0.1, 0.15) is 12.1 Å². The number of aromatic nitrogens is 3. The summed E-state index contributed by atoms with van der Waals surface area (Å²) in [4.78, 5) is 24.4. The largest absolute Gasteiger partial charge is 0.323 e. The number of nitrogens with zero attached hydrogens (tertiary/aromatic N) is 3. The number of hydrogen-bond donors (Lipinski definition) is 1. The smallest absolute Gasteiger partial charge is 0.278 e. The van der Waals surface area contributed by atoms with Gasteiger partial charge in [-0.1, -0.05) is 40.5 Å². The Bertz CT molecular complexity index is 956. The van der Waals surface area contributed by atoms with Crippen LogP contribution in [0.4, 0.5) is 5.69 Å². The summed E-state index contributed by atoms with van der Waals surface area (Å²) in [5, 5.41) is 11.5. The molecule has 0 bridgehead atoms. The molecule has 0 unspecified atom stereocenters. The highest BCUT2D eigenvalue weighted by atomic mass is 35.5. The molecule has 1 amide bonds. The normalized spacial score (nSPS) is 10.7. The van der Waals surface area contributed by atoms with Crippen molar-refractivity contribution in [2.75, 3.05) is 5.32 Å². The summed E-state index contributed by atoms with van der Waals surface area (Å²) >= 11 is 11.8. The van der Waals surface area contributed by atoms with Crippen LogP contribution in [0.2, 0.25) is 10.0 Å². The van der Waals surface area contributed by atoms with Crippen molar-refractivity contribution in [2.24, 2.45) is 0 Å². The molecule has 0 aliphatic carbocycles. The van der Waals surface area contributed by atoms with Gasteiger partial charge in [-0.2, -0.15) is 0 Å². The van der Waals surface area contributed by atoms with Crippen molar-refractivity contribution in [3.05, 3.63) is 62.9 Å². The van der Waals surface area contributed by atoms with Crippen molar-refractivity contribution >= 4 is 45.7 Å². The summed E-state index contributed by atoms with van der Waals surface area (Å²) in [5.74, 6) is -0.458. The van der Waals surface area contributed by atoms with Crippen LogP contribution < -0.4 is 10.9 Å². The molecular formula is C15H10Cl2N4O2. The fourth-order valence-corrected chi connectivity index (χ4v) is 2.38. The molecule has 0 spiro atoms. The molecule has 0 fully saturated rings. The van der Waals surface area contributed by atoms with E-state index in [1.807, 2.05) is 0 Å². The first-order valence-electron chi connectivity index (χ1n) is 6.62. The third-order valence-electron chi connectivity index (χ3n) is 3.13. The number of anilines is 1. The second kappa shape index (κ2) is 6.36. The van der Waals surface area contributed by atoms with Crippen LogP contribution in [0.1, 0.15) is 0 Å². The molecule has 6 nitrogen and oxygen atoms in total. The van der Waals surface area contributed by atoms with Gasteiger partial charge in [0.2, 0.25) is 5.91 Å². The monoisotopic (exact) mass is 348 g/mol. The summed E-state index contributed by atoms with van der Waals surface area (Å²) in [5.41, 5.74) is 0.459. The molecule has 1 N–H and O–H groups in total. The van der Waals surface area contributed by atoms with E-state index in [-0.39, 0.29) is 12.1 Å². The number of carbonyl (C=O) groups is 1. The van der Waals surface area contributed by atoms with Gasteiger partial charge in [-0.05, 0) is 30.3 Å². The van der Waals surface area contributed by atoms with Crippen LogP contribution in [-0.2, 0) is 11.3 Å². The maximum atomic E-state index is 12.3. The number of hydrogen-bond acceptors (Lipinski definition) is 4. The van der Waals surface area contributed by atoms with Crippen LogP contribution in [0.5, 0.6) is 0 Å². The third kappa shape index (κ3) is 3.33. The van der Waals surface area contributed by atoms with E-state index in [1.54, 1.807) is 36.4 Å². The summed E-state index contributed by atoms with van der Waals surface area (Å²) in [6.45, 7) is -0.278. The number of halogens is 2. The highest BCUT2D eigenvalue weighted by Gasteiger charge is 2.11. The minimum Gasteiger partial charge on any atom is -0.323 e. The zero-order valence-electron chi connectivity index (χ0n) is 11.7. The van der Waals surface area contributed by atoms with Gasteiger partial charge in [-0.25, -0.2) is 4.68 Å². The minimum absolute atomic E-state index is 0.278. The fourth-order valence-electron chi connectivity index (χ4n) is 2.05. The molecule has 0 radical (unpaired) electrons. The first-order chi connectivity index (χ1) is 11.0. The van der Waals surface area contributed by atoms with Gasteiger partial charge in [0, 0.05) is 5.02 Å². The zero-order chi connectivity index (χ0) is 16.4. The molecule has 1 heterocycles. The maximum absolute atomic E-state index is 12.3. The fraction of sp³-hybridized carbons (Fsp3) is 0.0667. The number of benzene rings is 2. The van der Waals surface area contributed by atoms with E-state index in [0.717, 1.165) is 4.68 Å². The van der Waals surface area contributed by atoms with E-state index in [9.17, 15) is 9.59 Å². The quantitative estimate of drug-likeness (QED) is 0.789. The molecule has 23 heavy (non-hydrogen) atoms. The van der Waals surface area contributed by atoms with Crippen LogP contribution in [0.25, 0.3) is 10.9 Å². The van der Waals surface area contributed by atoms with E-state index in [4.69, 9.17) is 23.2 Å². The van der Waals surface area contributed by atoms with E-state index in [2.05, 4.69) is 15.6 Å². The van der Waals surface area contributed by atoms with Gasteiger partial charge in [0.25, 0.3) is 5.56 Å². The lowest BCUT2D eigenvalue weighted by Crippen LogP contribution is -2.30. The van der Waals surface area contributed by atoms with Gasteiger partial charge in [-0.3, -0.25) is 9.59 Å². The molecule has 0 aliphatic heterocycles. The van der Waals surface area contributed by atoms with E-state index in [0.29, 0.717) is 26.6 Å². The second-order valence-electron chi connectivity index (χ2n) is 4.74. The Labute approximate surface area is 140 Å². The molecule has 8 heteroatoms. The number of carbonyl (C=O) groups excluding carboxylic acids is 1. The zero-order valence-corrected chi connectivity index (χ0v) is 13.2. The Hall–Kier alpha value is -2.44. The Morgan fingerprint density at radius 3 is 2.78 bits per heavy atom. The van der Waals surface area contributed by atoms with Crippen molar-refractivity contribution < 1.29 is 4.79 Å². The molecule has 0 aliphatic rings. The topological polar surface area (TPSA) is 76.9 Å². The maximum Gasteiger partial charge on any atom is 0.278 e. The first-order valence-corrected chi connectivity index (χ1v) is 7.37. The molecular weight excluding hydrogens is 339 g/mol. The Morgan fingerprint density at radius 2 is 1.96 bits per heavy atom. The molecule has 0 atom stereocenters. The van der Waals surface area contributed by atoms with Crippen molar-refractivity contribution in [1.82, 2.24) is 15.0 Å². The predicted molar refractivity (Wildman–Crippen MR) is 88.9 cm³/mol. The van der Waals surface area contributed by atoms with Crippen LogP contribution in [0, 0.1) is 0 Å². The van der Waals surface area contributed by atoms with Crippen molar-refractivity contribution in [2.45, 2.75) is 6.54 Å². The van der Waals surface area contributed by atoms with Crippen molar-refractivity contribution in [1.29, 1.82) is 0 Å². The van der Waals surface area contributed by atoms with Gasteiger partial charge in [-0.15, -0.1) is 5.10 Å². The molecule has 3 aromatic rings. The van der Waals surface area contributed by atoms with Crippen molar-refractivity contribution in [3.63, 3.8) is 0 Å². The number of amides is 1. The summed E-state index contributed by atoms with van der Waals surface area (Å²) in [6.07, 6.45) is 0. The Balaban J connectivity index is 1.84. The van der Waals surface area contributed by atoms with Gasteiger partial charge >= 0.3 is 0 Å². The lowest BCUT2D eigenvalue weighted by molar-refractivity contribution is -0.117. The Morgan fingerprint density at radius 1 is 1.17 bits per heavy atom. The SMILES string of the molecule is O=C(Cn1nnc2ccccc2c1=O)Nc1cc(Cl)ccc1Cl. The molecule has 0 saturated carbocycles. The number of fused-ring (bicyclic) bond motifs is 1. The highest BCUT2D eigenvalue weighted by Crippen LogP contribution is 2.25. The number of nitrogens with one attached hydrogen (secondary N) is 1. The predicted octanol–water partition coefficient (Wildman–Crippen LogP) is 2.74. The molecule has 3 rings (SSSR count).